The number of piperidine rings is 1. The number of hydrogen-bond acceptors (Lipinski definition) is 7. The van der Waals surface area contributed by atoms with Crippen molar-refractivity contribution in [2.75, 3.05) is 31.5 Å². The van der Waals surface area contributed by atoms with Crippen molar-refractivity contribution in [3.8, 4) is 0 Å². The number of rotatable bonds is 6. The van der Waals surface area contributed by atoms with Gasteiger partial charge in [0.1, 0.15) is 0 Å². The Labute approximate surface area is 209 Å². The molecule has 0 unspecified atom stereocenters. The first kappa shape index (κ1) is 17.5. The van der Waals surface area contributed by atoms with E-state index in [1.165, 1.54) is 9.58 Å². The summed E-state index contributed by atoms with van der Waals surface area (Å²) < 4.78 is 46.4. The van der Waals surface area contributed by atoms with Gasteiger partial charge in [-0.05, 0) is 63.4 Å². The molecule has 0 atom stereocenters. The molecule has 2 aliphatic heterocycles. The van der Waals surface area contributed by atoms with Crippen LogP contribution in [0.5, 0.6) is 0 Å². The van der Waals surface area contributed by atoms with Gasteiger partial charge in [-0.3, -0.25) is 4.90 Å². The summed E-state index contributed by atoms with van der Waals surface area (Å²) in [6.07, 6.45) is 4.34. The fraction of sp³-hybridized carbons (Fsp3) is 0.522. The molecule has 10 heteroatoms. The van der Waals surface area contributed by atoms with Crippen LogP contribution in [0, 0.1) is 0 Å². The lowest BCUT2D eigenvalue weighted by Gasteiger charge is -2.41. The molecule has 0 aliphatic carbocycles. The van der Waals surface area contributed by atoms with Gasteiger partial charge in [0.25, 0.3) is 0 Å². The van der Waals surface area contributed by atoms with Crippen molar-refractivity contribution >= 4 is 45.7 Å². The zero-order valence-corrected chi connectivity index (χ0v) is 19.8. The van der Waals surface area contributed by atoms with E-state index in [-0.39, 0.29) is 12.5 Å². The number of benzene rings is 1. The monoisotopic (exact) mass is 495 g/mol. The molecule has 0 radical (unpaired) electrons. The Bertz CT molecular complexity index is 1360. The highest BCUT2D eigenvalue weighted by Gasteiger charge is 2.30. The van der Waals surface area contributed by atoms with Crippen LogP contribution in [0.1, 0.15) is 45.0 Å². The molecule has 8 nitrogen and oxygen atoms in total. The van der Waals surface area contributed by atoms with E-state index in [9.17, 15) is 5.11 Å². The van der Waals surface area contributed by atoms with Gasteiger partial charge in [0, 0.05) is 16.6 Å². The maximum Gasteiger partial charge on any atom is 0.227 e. The minimum Gasteiger partial charge on any atom is -0.389 e. The predicted octanol–water partition coefficient (Wildman–Crippen LogP) is 4.23. The topological polar surface area (TPSA) is 88.3 Å². The summed E-state index contributed by atoms with van der Waals surface area (Å²) in [5.74, 6) is 0.348. The molecule has 4 heterocycles. The second-order valence-corrected chi connectivity index (χ2v) is 9.75. The molecule has 176 valence electrons. The molecule has 33 heavy (non-hydrogen) atoms. The molecular formula is C23H28Cl2N6O2. The standard InChI is InChI=1S/C23H28Cl2N6O2/c1-23(2,32)13-31-21(25)20(10-27-31)29-22-26-9-15-7-18(24)17(8-19(15)28-22)14-3-5-30(6-4-14)16-11-33-12-16/h7-10,14,16,32H,3-6,11-13H2,1-2H3,(H,26,28,29)/i11D2,12D2,16D. The van der Waals surface area contributed by atoms with Gasteiger partial charge in [0.2, 0.25) is 5.95 Å². The fourth-order valence-electron chi connectivity index (χ4n) is 4.13. The molecule has 2 aliphatic rings. The molecule has 0 bridgehead atoms. The highest BCUT2D eigenvalue weighted by molar-refractivity contribution is 6.32. The van der Waals surface area contributed by atoms with Crippen LogP contribution in [0.4, 0.5) is 11.6 Å². The first-order valence-electron chi connectivity index (χ1n) is 13.2. The molecule has 2 aromatic heterocycles. The zero-order valence-electron chi connectivity index (χ0n) is 23.3. The van der Waals surface area contributed by atoms with Crippen LogP contribution >= 0.6 is 23.2 Å². The number of likely N-dealkylation sites (tertiary alicyclic amines) is 1. The van der Waals surface area contributed by atoms with E-state index in [1.54, 1.807) is 32.3 Å². The van der Waals surface area contributed by atoms with Crippen molar-refractivity contribution in [1.82, 2.24) is 24.6 Å². The number of aromatic nitrogens is 4. The van der Waals surface area contributed by atoms with E-state index in [0.29, 0.717) is 53.3 Å². The van der Waals surface area contributed by atoms with Gasteiger partial charge in [0.05, 0.1) is 55.5 Å². The molecule has 5 rings (SSSR count). The van der Waals surface area contributed by atoms with Gasteiger partial charge in [-0.2, -0.15) is 5.10 Å². The number of fused-ring (bicyclic) bond motifs is 1. The van der Waals surface area contributed by atoms with Crippen molar-refractivity contribution in [2.45, 2.75) is 50.8 Å². The van der Waals surface area contributed by atoms with Crippen LogP contribution in [0.2, 0.25) is 10.2 Å². The maximum atomic E-state index is 10.1. The van der Waals surface area contributed by atoms with E-state index >= 15 is 0 Å². The first-order valence-corrected chi connectivity index (χ1v) is 11.5. The SMILES string of the molecule is [2H]C1([2H])OC([2H])([2H])C1([2H])N1CCC(c2cc3nc(Nc4cnn(CC(C)(C)O)c4Cl)ncc3cc2Cl)CC1. The van der Waals surface area contributed by atoms with Crippen molar-refractivity contribution < 1.29 is 16.7 Å². The van der Waals surface area contributed by atoms with Gasteiger partial charge in [-0.1, -0.05) is 23.2 Å². The Morgan fingerprint density at radius 1 is 1.27 bits per heavy atom. The Balaban J connectivity index is 1.34. The van der Waals surface area contributed by atoms with Crippen molar-refractivity contribution in [3.63, 3.8) is 0 Å². The first-order chi connectivity index (χ1) is 17.6. The highest BCUT2D eigenvalue weighted by atomic mass is 35.5. The smallest absolute Gasteiger partial charge is 0.227 e. The third-order valence-electron chi connectivity index (χ3n) is 5.80. The molecule has 2 saturated heterocycles. The second kappa shape index (κ2) is 9.00. The highest BCUT2D eigenvalue weighted by Crippen LogP contribution is 2.36. The van der Waals surface area contributed by atoms with Crippen LogP contribution in [0.25, 0.3) is 10.9 Å². The van der Waals surface area contributed by atoms with Crippen molar-refractivity contribution in [1.29, 1.82) is 0 Å². The van der Waals surface area contributed by atoms with Crippen LogP contribution < -0.4 is 5.32 Å². The summed E-state index contributed by atoms with van der Waals surface area (Å²) in [5.41, 5.74) is 1.07. The van der Waals surface area contributed by atoms with Crippen LogP contribution in [-0.2, 0) is 11.3 Å². The second-order valence-electron chi connectivity index (χ2n) is 8.99. The Morgan fingerprint density at radius 2 is 2.03 bits per heavy atom. The molecule has 2 N–H and O–H groups in total. The molecule has 2 fully saturated rings. The minimum absolute atomic E-state index is 0.0327. The number of halogens is 2. The van der Waals surface area contributed by atoms with Gasteiger partial charge in [-0.15, -0.1) is 0 Å². The van der Waals surface area contributed by atoms with E-state index in [4.69, 9.17) is 34.8 Å². The predicted molar refractivity (Wildman–Crippen MR) is 130 cm³/mol. The van der Waals surface area contributed by atoms with E-state index in [2.05, 4.69) is 20.4 Å². The summed E-state index contributed by atoms with van der Waals surface area (Å²) in [6, 6.07) is 1.61. The zero-order chi connectivity index (χ0) is 27.7. The Kier molecular flexibility index (Phi) is 4.76. The molecular weight excluding hydrogens is 463 g/mol. The average molecular weight is 496 g/mol. The number of nitrogens with one attached hydrogen (secondary N) is 1. The van der Waals surface area contributed by atoms with Crippen molar-refractivity contribution in [2.24, 2.45) is 0 Å². The molecule has 0 amide bonds. The normalized spacial score (nSPS) is 24.8. The number of ether oxygens (including phenoxy) is 1. The van der Waals surface area contributed by atoms with Gasteiger partial charge in [-0.25, -0.2) is 14.6 Å². The maximum absolute atomic E-state index is 10.1. The number of hydrogen-bond donors (Lipinski definition) is 2. The summed E-state index contributed by atoms with van der Waals surface area (Å²) >= 11 is 13.0. The molecule has 1 aromatic carbocycles. The quantitative estimate of drug-likeness (QED) is 0.528. The van der Waals surface area contributed by atoms with Gasteiger partial charge < -0.3 is 15.2 Å². The summed E-state index contributed by atoms with van der Waals surface area (Å²) in [4.78, 5) is 10.5. The number of anilines is 2. The van der Waals surface area contributed by atoms with E-state index < -0.39 is 24.7 Å². The number of nitrogens with zero attached hydrogens (tertiary/aromatic N) is 5. The third kappa shape index (κ3) is 4.95. The Morgan fingerprint density at radius 3 is 2.73 bits per heavy atom. The lowest BCUT2D eigenvalue weighted by atomic mass is 9.88. The lowest BCUT2D eigenvalue weighted by molar-refractivity contribution is -0.0712. The molecule has 0 spiro atoms. The van der Waals surface area contributed by atoms with Crippen LogP contribution in [-0.4, -0.2) is 67.6 Å². The van der Waals surface area contributed by atoms with Crippen LogP contribution in [0.3, 0.4) is 0 Å². The number of aliphatic hydroxyl groups is 1. The summed E-state index contributed by atoms with van der Waals surface area (Å²) in [7, 11) is 0. The average Bonchev–Trinajstić information content (AvgIpc) is 3.15. The minimum atomic E-state index is -2.39. The molecule has 3 aromatic rings. The largest absolute Gasteiger partial charge is 0.389 e. The van der Waals surface area contributed by atoms with Crippen LogP contribution in [0.15, 0.2) is 24.5 Å². The molecule has 0 saturated carbocycles. The third-order valence-corrected chi connectivity index (χ3v) is 6.53. The van der Waals surface area contributed by atoms with E-state index in [1.807, 2.05) is 6.07 Å². The Hall–Kier alpha value is -1.97. The lowest BCUT2D eigenvalue weighted by Crippen LogP contribution is -2.51. The van der Waals surface area contributed by atoms with Gasteiger partial charge >= 0.3 is 0 Å². The summed E-state index contributed by atoms with van der Waals surface area (Å²) in [6.45, 7) is -0.574. The van der Waals surface area contributed by atoms with Gasteiger partial charge in [0.15, 0.2) is 5.15 Å². The van der Waals surface area contributed by atoms with Crippen molar-refractivity contribution in [3.05, 3.63) is 40.3 Å². The van der Waals surface area contributed by atoms with E-state index in [0.717, 1.165) is 10.9 Å². The fourth-order valence-corrected chi connectivity index (χ4v) is 4.66. The summed E-state index contributed by atoms with van der Waals surface area (Å²) in [5, 5.41) is 19.0.